The van der Waals surface area contributed by atoms with Gasteiger partial charge >= 0.3 is 0 Å². The average molecular weight is 229 g/mol. The molecule has 17 heavy (non-hydrogen) atoms. The maximum absolute atomic E-state index is 4.13. The summed E-state index contributed by atoms with van der Waals surface area (Å²) in [5, 5.41) is 0. The number of anilines is 1. The van der Waals surface area contributed by atoms with Gasteiger partial charge in [0.05, 0.1) is 0 Å². The van der Waals surface area contributed by atoms with Gasteiger partial charge in [-0.2, -0.15) is 0 Å². The van der Waals surface area contributed by atoms with Gasteiger partial charge in [0.2, 0.25) is 0 Å². The van der Waals surface area contributed by atoms with E-state index in [9.17, 15) is 0 Å². The summed E-state index contributed by atoms with van der Waals surface area (Å²) in [4.78, 5) is 2.50. The highest BCUT2D eigenvalue weighted by Crippen LogP contribution is 2.30. The van der Waals surface area contributed by atoms with Gasteiger partial charge in [0.25, 0.3) is 0 Å². The molecule has 0 bridgehead atoms. The van der Waals surface area contributed by atoms with Gasteiger partial charge in [-0.25, -0.2) is 0 Å². The lowest BCUT2D eigenvalue weighted by Gasteiger charge is -2.22. The van der Waals surface area contributed by atoms with Crippen LogP contribution in [-0.2, 0) is 6.42 Å². The van der Waals surface area contributed by atoms with Gasteiger partial charge in [-0.05, 0) is 49.5 Å². The standard InChI is InChI=1S/C16H23N/c1-4-7-14-8-9-16(15(12-14)13(2)3)17-10-5-6-11-17/h8-9,12H,2,4-7,10-11H2,1,3H3. The summed E-state index contributed by atoms with van der Waals surface area (Å²) in [6.45, 7) is 10.9. The molecule has 0 aromatic heterocycles. The molecular formula is C16H23N. The lowest BCUT2D eigenvalue weighted by molar-refractivity contribution is 0.916. The van der Waals surface area contributed by atoms with Crippen LogP contribution in [0.1, 0.15) is 44.2 Å². The number of nitrogens with zero attached hydrogens (tertiary/aromatic N) is 1. The van der Waals surface area contributed by atoms with Crippen LogP contribution < -0.4 is 4.90 Å². The summed E-state index contributed by atoms with van der Waals surface area (Å²) in [7, 11) is 0. The predicted octanol–water partition coefficient (Wildman–Crippen LogP) is 4.27. The zero-order chi connectivity index (χ0) is 12.3. The third-order valence-electron chi connectivity index (χ3n) is 3.51. The highest BCUT2D eigenvalue weighted by Gasteiger charge is 2.16. The Morgan fingerprint density at radius 3 is 2.59 bits per heavy atom. The number of hydrogen-bond donors (Lipinski definition) is 0. The quantitative estimate of drug-likeness (QED) is 0.745. The van der Waals surface area contributed by atoms with Crippen molar-refractivity contribution in [1.29, 1.82) is 0 Å². The molecule has 1 aliphatic heterocycles. The van der Waals surface area contributed by atoms with Gasteiger partial charge in [-0.15, -0.1) is 0 Å². The molecule has 0 N–H and O–H groups in total. The topological polar surface area (TPSA) is 3.24 Å². The van der Waals surface area contributed by atoms with E-state index in [1.54, 1.807) is 0 Å². The Kier molecular flexibility index (Phi) is 3.88. The van der Waals surface area contributed by atoms with Crippen molar-refractivity contribution in [3.8, 4) is 0 Å². The average Bonchev–Trinajstić information content (AvgIpc) is 2.82. The van der Waals surface area contributed by atoms with Crippen LogP contribution in [-0.4, -0.2) is 13.1 Å². The van der Waals surface area contributed by atoms with Crippen molar-refractivity contribution in [1.82, 2.24) is 0 Å². The first-order chi connectivity index (χ1) is 8.22. The third-order valence-corrected chi connectivity index (χ3v) is 3.51. The molecule has 0 spiro atoms. The van der Waals surface area contributed by atoms with Crippen LogP contribution in [0.4, 0.5) is 5.69 Å². The molecule has 0 unspecified atom stereocenters. The maximum atomic E-state index is 4.13. The minimum Gasteiger partial charge on any atom is -0.371 e. The second kappa shape index (κ2) is 5.39. The normalized spacial score (nSPS) is 15.3. The smallest absolute Gasteiger partial charge is 0.0442 e. The number of allylic oxidation sites excluding steroid dienone is 1. The van der Waals surface area contributed by atoms with Gasteiger partial charge in [-0.1, -0.05) is 26.0 Å². The molecule has 0 amide bonds. The second-order valence-electron chi connectivity index (χ2n) is 5.08. The van der Waals surface area contributed by atoms with Crippen molar-refractivity contribution in [3.05, 3.63) is 35.9 Å². The van der Waals surface area contributed by atoms with E-state index in [0.29, 0.717) is 0 Å². The summed E-state index contributed by atoms with van der Waals surface area (Å²) in [6.07, 6.45) is 5.03. The van der Waals surface area contributed by atoms with E-state index >= 15 is 0 Å². The molecule has 1 aromatic rings. The molecule has 1 heterocycles. The van der Waals surface area contributed by atoms with Gasteiger partial charge in [0.1, 0.15) is 0 Å². The first-order valence-electron chi connectivity index (χ1n) is 6.76. The second-order valence-corrected chi connectivity index (χ2v) is 5.08. The molecule has 92 valence electrons. The van der Waals surface area contributed by atoms with Crippen LogP contribution in [0, 0.1) is 0 Å². The van der Waals surface area contributed by atoms with Crippen molar-refractivity contribution in [2.75, 3.05) is 18.0 Å². The van der Waals surface area contributed by atoms with Crippen molar-refractivity contribution >= 4 is 11.3 Å². The minimum atomic E-state index is 1.17. The van der Waals surface area contributed by atoms with E-state index in [4.69, 9.17) is 0 Å². The molecule has 2 rings (SSSR count). The summed E-state index contributed by atoms with van der Waals surface area (Å²) in [5.74, 6) is 0. The van der Waals surface area contributed by atoms with E-state index in [2.05, 4.69) is 43.5 Å². The molecule has 1 fully saturated rings. The number of benzene rings is 1. The predicted molar refractivity (Wildman–Crippen MR) is 76.6 cm³/mol. The fourth-order valence-corrected chi connectivity index (χ4v) is 2.60. The Morgan fingerprint density at radius 2 is 2.00 bits per heavy atom. The molecule has 1 nitrogen and oxygen atoms in total. The van der Waals surface area contributed by atoms with Crippen molar-refractivity contribution in [2.45, 2.75) is 39.5 Å². The molecule has 1 aromatic carbocycles. The number of rotatable bonds is 4. The van der Waals surface area contributed by atoms with Crippen LogP contribution in [0.5, 0.6) is 0 Å². The third kappa shape index (κ3) is 2.71. The van der Waals surface area contributed by atoms with Gasteiger partial charge in [0, 0.05) is 24.3 Å². The lowest BCUT2D eigenvalue weighted by atomic mass is 10.0. The highest BCUT2D eigenvalue weighted by atomic mass is 15.1. The molecule has 0 saturated carbocycles. The Balaban J connectivity index is 2.33. The molecule has 0 aliphatic carbocycles. The lowest BCUT2D eigenvalue weighted by Crippen LogP contribution is -2.19. The van der Waals surface area contributed by atoms with Crippen molar-refractivity contribution in [2.24, 2.45) is 0 Å². The Labute approximate surface area is 105 Å². The minimum absolute atomic E-state index is 1.17. The van der Waals surface area contributed by atoms with Crippen LogP contribution in [0.2, 0.25) is 0 Å². The zero-order valence-electron chi connectivity index (χ0n) is 11.1. The molecule has 1 heteroatoms. The fraction of sp³-hybridized carbons (Fsp3) is 0.500. The Hall–Kier alpha value is -1.24. The molecule has 0 atom stereocenters. The van der Waals surface area contributed by atoms with Crippen LogP contribution in [0.3, 0.4) is 0 Å². The first kappa shape index (κ1) is 12.2. The number of hydrogen-bond acceptors (Lipinski definition) is 1. The maximum Gasteiger partial charge on any atom is 0.0442 e. The molecule has 0 radical (unpaired) electrons. The van der Waals surface area contributed by atoms with Crippen LogP contribution in [0.25, 0.3) is 5.57 Å². The van der Waals surface area contributed by atoms with Gasteiger partial charge in [-0.3, -0.25) is 0 Å². The largest absolute Gasteiger partial charge is 0.371 e. The summed E-state index contributed by atoms with van der Waals surface area (Å²) in [5.41, 5.74) is 5.35. The van der Waals surface area contributed by atoms with E-state index in [-0.39, 0.29) is 0 Å². The van der Waals surface area contributed by atoms with Crippen LogP contribution >= 0.6 is 0 Å². The van der Waals surface area contributed by atoms with Gasteiger partial charge < -0.3 is 4.90 Å². The summed E-state index contributed by atoms with van der Waals surface area (Å²) >= 11 is 0. The molecule has 1 aliphatic rings. The van der Waals surface area contributed by atoms with E-state index in [1.807, 2.05) is 0 Å². The first-order valence-corrected chi connectivity index (χ1v) is 6.76. The van der Waals surface area contributed by atoms with Gasteiger partial charge in [0.15, 0.2) is 0 Å². The van der Waals surface area contributed by atoms with E-state index in [0.717, 1.165) is 0 Å². The summed E-state index contributed by atoms with van der Waals surface area (Å²) in [6, 6.07) is 6.91. The monoisotopic (exact) mass is 229 g/mol. The molecule has 1 saturated heterocycles. The molecular weight excluding hydrogens is 206 g/mol. The number of aryl methyl sites for hydroxylation is 1. The van der Waals surface area contributed by atoms with Crippen molar-refractivity contribution in [3.63, 3.8) is 0 Å². The Bertz CT molecular complexity index is 400. The zero-order valence-corrected chi connectivity index (χ0v) is 11.1. The fourth-order valence-electron chi connectivity index (χ4n) is 2.60. The van der Waals surface area contributed by atoms with E-state index < -0.39 is 0 Å². The summed E-state index contributed by atoms with van der Waals surface area (Å²) < 4.78 is 0. The highest BCUT2D eigenvalue weighted by molar-refractivity contribution is 5.75. The van der Waals surface area contributed by atoms with E-state index in [1.165, 1.54) is 61.2 Å². The Morgan fingerprint density at radius 1 is 1.29 bits per heavy atom. The van der Waals surface area contributed by atoms with Crippen molar-refractivity contribution < 1.29 is 0 Å². The SMILES string of the molecule is C=C(C)c1cc(CCC)ccc1N1CCCC1. The van der Waals surface area contributed by atoms with Crippen LogP contribution in [0.15, 0.2) is 24.8 Å².